The highest BCUT2D eigenvalue weighted by atomic mass is 19.1. The number of amides is 1. The fraction of sp³-hybridized carbons (Fsp3) is 0.389. The smallest absolute Gasteiger partial charge is 0.256 e. The Morgan fingerprint density at radius 2 is 1.80 bits per heavy atom. The topological polar surface area (TPSA) is 52.6 Å². The van der Waals surface area contributed by atoms with Crippen molar-refractivity contribution in [3.8, 4) is 0 Å². The van der Waals surface area contributed by atoms with Crippen molar-refractivity contribution in [3.63, 3.8) is 0 Å². The van der Waals surface area contributed by atoms with E-state index in [2.05, 4.69) is 14.9 Å². The highest BCUT2D eigenvalue weighted by Gasteiger charge is 2.25. The first-order valence-corrected chi connectivity index (χ1v) is 8.27. The van der Waals surface area contributed by atoms with Crippen molar-refractivity contribution >= 4 is 17.5 Å². The second kappa shape index (κ2) is 7.04. The molecule has 1 aliphatic rings. The summed E-state index contributed by atoms with van der Waals surface area (Å²) in [5, 5.41) is 0. The zero-order valence-electron chi connectivity index (χ0n) is 14.7. The number of benzene rings is 1. The summed E-state index contributed by atoms with van der Waals surface area (Å²) in [6, 6.07) is 8.06. The van der Waals surface area contributed by atoms with Crippen LogP contribution in [0.3, 0.4) is 0 Å². The van der Waals surface area contributed by atoms with E-state index in [1.807, 2.05) is 32.0 Å². The van der Waals surface area contributed by atoms with E-state index in [1.165, 1.54) is 12.1 Å². The van der Waals surface area contributed by atoms with Gasteiger partial charge < -0.3 is 14.7 Å². The fourth-order valence-corrected chi connectivity index (χ4v) is 2.87. The van der Waals surface area contributed by atoms with Crippen LogP contribution in [0.2, 0.25) is 0 Å². The Kier molecular flexibility index (Phi) is 4.83. The van der Waals surface area contributed by atoms with Crippen molar-refractivity contribution in [1.29, 1.82) is 0 Å². The molecule has 1 aromatic heterocycles. The van der Waals surface area contributed by atoms with Gasteiger partial charge in [0.15, 0.2) is 0 Å². The van der Waals surface area contributed by atoms with E-state index in [0.29, 0.717) is 32.0 Å². The van der Waals surface area contributed by atoms with Gasteiger partial charge in [0.05, 0.1) is 5.56 Å². The Morgan fingerprint density at radius 3 is 2.44 bits per heavy atom. The van der Waals surface area contributed by atoms with Crippen LogP contribution in [0.15, 0.2) is 30.3 Å². The molecule has 0 saturated carbocycles. The Hall–Kier alpha value is -2.70. The van der Waals surface area contributed by atoms with Crippen LogP contribution in [0.5, 0.6) is 0 Å². The molecule has 1 fully saturated rings. The molecule has 3 rings (SSSR count). The third-order valence-corrected chi connectivity index (χ3v) is 4.26. The number of hydrogen-bond acceptors (Lipinski definition) is 5. The second-order valence-electron chi connectivity index (χ2n) is 6.29. The molecule has 6 nitrogen and oxygen atoms in total. The van der Waals surface area contributed by atoms with Crippen LogP contribution in [-0.2, 0) is 0 Å². The molecule has 0 N–H and O–H groups in total. The number of aryl methyl sites for hydroxylation is 1. The van der Waals surface area contributed by atoms with Gasteiger partial charge >= 0.3 is 0 Å². The predicted octanol–water partition coefficient (Wildman–Crippen LogP) is 1.95. The Labute approximate surface area is 146 Å². The lowest BCUT2D eigenvalue weighted by Gasteiger charge is -2.35. The van der Waals surface area contributed by atoms with Gasteiger partial charge in [0, 0.05) is 46.3 Å². The number of anilines is 2. The standard InChI is InChI=1S/C18H22FN5O/c1-13-20-16(22(2)3)12-17(21-13)23-8-10-24(11-9-23)18(25)14-6-4-5-7-15(14)19/h4-7,12H,8-11H2,1-3H3. The van der Waals surface area contributed by atoms with Crippen molar-refractivity contribution in [1.82, 2.24) is 14.9 Å². The van der Waals surface area contributed by atoms with Gasteiger partial charge in [0.2, 0.25) is 0 Å². The summed E-state index contributed by atoms with van der Waals surface area (Å²) < 4.78 is 13.8. The van der Waals surface area contributed by atoms with E-state index in [9.17, 15) is 9.18 Å². The van der Waals surface area contributed by atoms with E-state index in [0.717, 1.165) is 11.6 Å². The molecule has 2 heterocycles. The van der Waals surface area contributed by atoms with Crippen LogP contribution in [0.4, 0.5) is 16.0 Å². The lowest BCUT2D eigenvalue weighted by atomic mass is 10.1. The number of hydrogen-bond donors (Lipinski definition) is 0. The predicted molar refractivity (Wildman–Crippen MR) is 95.6 cm³/mol. The number of piperazine rings is 1. The third-order valence-electron chi connectivity index (χ3n) is 4.26. The van der Waals surface area contributed by atoms with E-state index in [1.54, 1.807) is 17.0 Å². The average molecular weight is 343 g/mol. The average Bonchev–Trinajstić information content (AvgIpc) is 2.61. The van der Waals surface area contributed by atoms with Crippen LogP contribution in [0, 0.1) is 12.7 Å². The number of carbonyl (C=O) groups is 1. The van der Waals surface area contributed by atoms with Gasteiger partial charge in [-0.3, -0.25) is 4.79 Å². The second-order valence-corrected chi connectivity index (χ2v) is 6.29. The highest BCUT2D eigenvalue weighted by molar-refractivity contribution is 5.94. The molecular weight excluding hydrogens is 321 g/mol. The first-order valence-electron chi connectivity index (χ1n) is 8.27. The fourth-order valence-electron chi connectivity index (χ4n) is 2.87. The Morgan fingerprint density at radius 1 is 1.12 bits per heavy atom. The van der Waals surface area contributed by atoms with Crippen LogP contribution in [0.25, 0.3) is 0 Å². The van der Waals surface area contributed by atoms with Gasteiger partial charge in [-0.2, -0.15) is 0 Å². The molecule has 0 unspecified atom stereocenters. The normalized spacial score (nSPS) is 14.6. The van der Waals surface area contributed by atoms with Crippen LogP contribution < -0.4 is 9.80 Å². The summed E-state index contributed by atoms with van der Waals surface area (Å²) in [4.78, 5) is 27.2. The molecule has 0 aliphatic carbocycles. The molecule has 0 spiro atoms. The highest BCUT2D eigenvalue weighted by Crippen LogP contribution is 2.20. The first-order chi connectivity index (χ1) is 12.0. The minimum Gasteiger partial charge on any atom is -0.363 e. The number of aromatic nitrogens is 2. The molecular formula is C18H22FN5O. The maximum Gasteiger partial charge on any atom is 0.256 e. The van der Waals surface area contributed by atoms with Crippen LogP contribution in [0.1, 0.15) is 16.2 Å². The molecule has 1 aromatic carbocycles. The summed E-state index contributed by atoms with van der Waals surface area (Å²) in [6.07, 6.45) is 0. The van der Waals surface area contributed by atoms with Crippen molar-refractivity contribution < 1.29 is 9.18 Å². The van der Waals surface area contributed by atoms with Crippen LogP contribution in [-0.4, -0.2) is 61.0 Å². The summed E-state index contributed by atoms with van der Waals surface area (Å²) >= 11 is 0. The Bertz CT molecular complexity index is 772. The molecule has 1 amide bonds. The number of carbonyl (C=O) groups excluding carboxylic acids is 1. The summed E-state index contributed by atoms with van der Waals surface area (Å²) in [5.41, 5.74) is 0.128. The quantitative estimate of drug-likeness (QED) is 0.853. The van der Waals surface area contributed by atoms with Crippen molar-refractivity contribution in [2.24, 2.45) is 0 Å². The van der Waals surface area contributed by atoms with Crippen LogP contribution >= 0.6 is 0 Å². The molecule has 0 radical (unpaired) electrons. The van der Waals surface area contributed by atoms with Crippen molar-refractivity contribution in [3.05, 3.63) is 47.5 Å². The zero-order valence-corrected chi connectivity index (χ0v) is 14.7. The van der Waals surface area contributed by atoms with Gasteiger partial charge in [-0.05, 0) is 19.1 Å². The minimum atomic E-state index is -0.475. The van der Waals surface area contributed by atoms with E-state index < -0.39 is 5.82 Å². The van der Waals surface area contributed by atoms with Crippen molar-refractivity contribution in [2.45, 2.75) is 6.92 Å². The lowest BCUT2D eigenvalue weighted by molar-refractivity contribution is 0.0742. The molecule has 2 aromatic rings. The third kappa shape index (κ3) is 3.70. The Balaban J connectivity index is 1.70. The van der Waals surface area contributed by atoms with E-state index in [4.69, 9.17) is 0 Å². The summed E-state index contributed by atoms with van der Waals surface area (Å²) in [6.45, 7) is 4.25. The van der Waals surface area contributed by atoms with Crippen molar-refractivity contribution in [2.75, 3.05) is 50.1 Å². The monoisotopic (exact) mass is 343 g/mol. The zero-order chi connectivity index (χ0) is 18.0. The maximum absolute atomic E-state index is 13.8. The van der Waals surface area contributed by atoms with Gasteiger partial charge in [0.25, 0.3) is 5.91 Å². The molecule has 1 saturated heterocycles. The SMILES string of the molecule is Cc1nc(N(C)C)cc(N2CCN(C(=O)c3ccccc3F)CC2)n1. The maximum atomic E-state index is 13.8. The molecule has 0 atom stereocenters. The molecule has 1 aliphatic heterocycles. The minimum absolute atomic E-state index is 0.128. The summed E-state index contributed by atoms with van der Waals surface area (Å²) in [7, 11) is 3.88. The number of nitrogens with zero attached hydrogens (tertiary/aromatic N) is 5. The largest absolute Gasteiger partial charge is 0.363 e. The van der Waals surface area contributed by atoms with E-state index in [-0.39, 0.29) is 11.5 Å². The molecule has 7 heteroatoms. The van der Waals surface area contributed by atoms with Gasteiger partial charge in [0.1, 0.15) is 23.3 Å². The summed E-state index contributed by atoms with van der Waals surface area (Å²) in [5.74, 6) is 1.69. The van der Waals surface area contributed by atoms with Gasteiger partial charge in [-0.25, -0.2) is 14.4 Å². The van der Waals surface area contributed by atoms with Gasteiger partial charge in [-0.15, -0.1) is 0 Å². The molecule has 132 valence electrons. The molecule has 0 bridgehead atoms. The lowest BCUT2D eigenvalue weighted by Crippen LogP contribution is -2.49. The van der Waals surface area contributed by atoms with E-state index >= 15 is 0 Å². The van der Waals surface area contributed by atoms with Gasteiger partial charge in [-0.1, -0.05) is 12.1 Å². The molecule has 25 heavy (non-hydrogen) atoms. The number of rotatable bonds is 3. The number of halogens is 1. The first kappa shape index (κ1) is 17.1.